The fourth-order valence-electron chi connectivity index (χ4n) is 2.86. The van der Waals surface area contributed by atoms with Crippen LogP contribution in [-0.2, 0) is 9.59 Å². The van der Waals surface area contributed by atoms with Gasteiger partial charge in [-0.2, -0.15) is 0 Å². The second-order valence-electron chi connectivity index (χ2n) is 6.66. The van der Waals surface area contributed by atoms with Gasteiger partial charge < -0.3 is 14.8 Å². The van der Waals surface area contributed by atoms with Gasteiger partial charge in [-0.25, -0.2) is 0 Å². The maximum Gasteiger partial charge on any atom is 0.266 e. The number of aryl methyl sites for hydroxylation is 1. The Morgan fingerprint density at radius 3 is 2.61 bits per heavy atom. The summed E-state index contributed by atoms with van der Waals surface area (Å²) >= 11 is 9.99. The topological polar surface area (TPSA) is 67.9 Å². The Balaban J connectivity index is 1.73. The number of hydrogen-bond acceptors (Lipinski definition) is 6. The number of carbonyl (C=O) groups excluding carboxylic acids is 2. The first-order chi connectivity index (χ1) is 14.8. The molecule has 1 fully saturated rings. The summed E-state index contributed by atoms with van der Waals surface area (Å²) < 4.78 is 12.3. The Labute approximate surface area is 199 Å². The zero-order valence-electron chi connectivity index (χ0n) is 17.2. The third-order valence-electron chi connectivity index (χ3n) is 4.42. The average molecular weight is 521 g/mol. The monoisotopic (exact) mass is 520 g/mol. The largest absolute Gasteiger partial charge is 0.493 e. The number of amides is 2. The number of methoxy groups -OCH3 is 1. The first kappa shape index (κ1) is 23.3. The Bertz CT molecular complexity index is 1050. The number of halogens is 1. The molecule has 0 aromatic heterocycles. The van der Waals surface area contributed by atoms with Crippen LogP contribution in [0.3, 0.4) is 0 Å². The van der Waals surface area contributed by atoms with Crippen LogP contribution in [0.1, 0.15) is 18.1 Å². The van der Waals surface area contributed by atoms with Gasteiger partial charge in [-0.3, -0.25) is 14.5 Å². The maximum absolute atomic E-state index is 12.4. The van der Waals surface area contributed by atoms with E-state index in [1.807, 2.05) is 38.1 Å². The lowest BCUT2D eigenvalue weighted by Gasteiger charge is -2.14. The van der Waals surface area contributed by atoms with Crippen molar-refractivity contribution < 1.29 is 19.1 Å². The zero-order valence-corrected chi connectivity index (χ0v) is 20.4. The highest BCUT2D eigenvalue weighted by Gasteiger charge is 2.30. The minimum Gasteiger partial charge on any atom is -0.493 e. The van der Waals surface area contributed by atoms with Crippen LogP contribution in [0.2, 0.25) is 0 Å². The van der Waals surface area contributed by atoms with E-state index < -0.39 is 0 Å². The summed E-state index contributed by atoms with van der Waals surface area (Å²) in [5.74, 6) is 0.445. The summed E-state index contributed by atoms with van der Waals surface area (Å²) in [6.45, 7) is 4.21. The second-order valence-corrected chi connectivity index (χ2v) is 9.19. The lowest BCUT2D eigenvalue weighted by atomic mass is 10.2. The Morgan fingerprint density at radius 1 is 1.29 bits per heavy atom. The number of anilines is 1. The van der Waals surface area contributed by atoms with Crippen LogP contribution in [0, 0.1) is 6.92 Å². The van der Waals surface area contributed by atoms with Crippen LogP contribution in [0.5, 0.6) is 11.5 Å². The molecule has 1 aliphatic rings. The molecule has 0 radical (unpaired) electrons. The van der Waals surface area contributed by atoms with Gasteiger partial charge in [0.2, 0.25) is 0 Å². The van der Waals surface area contributed by atoms with Gasteiger partial charge in [-0.15, -0.1) is 0 Å². The van der Waals surface area contributed by atoms with E-state index >= 15 is 0 Å². The molecule has 3 rings (SSSR count). The van der Waals surface area contributed by atoms with E-state index in [0.717, 1.165) is 11.1 Å². The number of benzene rings is 2. The minimum absolute atomic E-state index is 0.110. The molecule has 1 N–H and O–H groups in total. The number of ether oxygens (including phenoxy) is 2. The highest BCUT2D eigenvalue weighted by Crippen LogP contribution is 2.39. The summed E-state index contributed by atoms with van der Waals surface area (Å²) in [4.78, 5) is 26.8. The highest BCUT2D eigenvalue weighted by molar-refractivity contribution is 9.10. The summed E-state index contributed by atoms with van der Waals surface area (Å²) in [5.41, 5.74) is 2.56. The Hall–Kier alpha value is -2.36. The van der Waals surface area contributed by atoms with Crippen molar-refractivity contribution in [1.82, 2.24) is 4.90 Å². The molecular formula is C22H21BrN2O4S2. The molecule has 31 heavy (non-hydrogen) atoms. The molecule has 162 valence electrons. The van der Waals surface area contributed by atoms with Gasteiger partial charge in [-0.1, -0.05) is 41.7 Å². The van der Waals surface area contributed by atoms with Gasteiger partial charge in [0.05, 0.1) is 16.5 Å². The quantitative estimate of drug-likeness (QED) is 0.409. The number of carbonyl (C=O) groups is 2. The average Bonchev–Trinajstić information content (AvgIpc) is 3.00. The van der Waals surface area contributed by atoms with Gasteiger partial charge in [0.15, 0.2) is 18.1 Å². The van der Waals surface area contributed by atoms with Gasteiger partial charge in [-0.05, 0) is 65.7 Å². The van der Waals surface area contributed by atoms with Crippen molar-refractivity contribution in [2.45, 2.75) is 13.8 Å². The molecule has 0 spiro atoms. The van der Waals surface area contributed by atoms with Crippen molar-refractivity contribution in [2.24, 2.45) is 0 Å². The van der Waals surface area contributed by atoms with E-state index in [0.29, 0.717) is 37.4 Å². The van der Waals surface area contributed by atoms with E-state index in [2.05, 4.69) is 21.2 Å². The molecule has 1 saturated heterocycles. The van der Waals surface area contributed by atoms with Gasteiger partial charge in [0.25, 0.3) is 11.8 Å². The first-order valence-electron chi connectivity index (χ1n) is 9.44. The van der Waals surface area contributed by atoms with Gasteiger partial charge in [0.1, 0.15) is 4.32 Å². The Morgan fingerprint density at radius 2 is 2.00 bits per heavy atom. The van der Waals surface area contributed by atoms with E-state index in [9.17, 15) is 9.59 Å². The van der Waals surface area contributed by atoms with Crippen LogP contribution >= 0.6 is 39.9 Å². The number of nitrogens with one attached hydrogen (secondary N) is 1. The van der Waals surface area contributed by atoms with Crippen molar-refractivity contribution in [3.8, 4) is 11.5 Å². The van der Waals surface area contributed by atoms with Crippen molar-refractivity contribution in [3.63, 3.8) is 0 Å². The molecule has 0 saturated carbocycles. The summed E-state index contributed by atoms with van der Waals surface area (Å²) in [7, 11) is 1.52. The molecule has 2 aromatic rings. The number of nitrogens with zero attached hydrogens (tertiary/aromatic N) is 1. The van der Waals surface area contributed by atoms with Crippen LogP contribution in [0.4, 0.5) is 5.69 Å². The van der Waals surface area contributed by atoms with E-state index in [4.69, 9.17) is 21.7 Å². The normalized spacial score (nSPS) is 14.8. The summed E-state index contributed by atoms with van der Waals surface area (Å²) in [6, 6.07) is 11.1. The van der Waals surface area contributed by atoms with Gasteiger partial charge in [0, 0.05) is 12.2 Å². The molecule has 2 aromatic carbocycles. The van der Waals surface area contributed by atoms with Crippen LogP contribution in [-0.4, -0.2) is 41.3 Å². The highest BCUT2D eigenvalue weighted by atomic mass is 79.9. The van der Waals surface area contributed by atoms with Crippen molar-refractivity contribution >= 4 is 67.8 Å². The van der Waals surface area contributed by atoms with Crippen molar-refractivity contribution in [2.75, 3.05) is 25.6 Å². The fraction of sp³-hybridized carbons (Fsp3) is 0.227. The molecule has 0 atom stereocenters. The number of rotatable bonds is 7. The third-order valence-corrected chi connectivity index (χ3v) is 6.39. The molecule has 6 nitrogen and oxygen atoms in total. The zero-order chi connectivity index (χ0) is 22.5. The molecule has 0 bridgehead atoms. The maximum atomic E-state index is 12.4. The van der Waals surface area contributed by atoms with Gasteiger partial charge >= 0.3 is 0 Å². The lowest BCUT2D eigenvalue weighted by Crippen LogP contribution is -2.27. The predicted octanol–water partition coefficient (Wildman–Crippen LogP) is 5.00. The molecule has 0 unspecified atom stereocenters. The second kappa shape index (κ2) is 10.3. The van der Waals surface area contributed by atoms with Crippen molar-refractivity contribution in [3.05, 3.63) is 56.9 Å². The minimum atomic E-state index is -0.287. The van der Waals surface area contributed by atoms with E-state index in [1.54, 1.807) is 23.1 Å². The fourth-order valence-corrected chi connectivity index (χ4v) is 4.82. The lowest BCUT2D eigenvalue weighted by molar-refractivity contribution is -0.122. The van der Waals surface area contributed by atoms with Crippen LogP contribution in [0.25, 0.3) is 6.08 Å². The van der Waals surface area contributed by atoms with E-state index in [1.165, 1.54) is 18.9 Å². The number of hydrogen-bond donors (Lipinski definition) is 1. The summed E-state index contributed by atoms with van der Waals surface area (Å²) in [6.07, 6.45) is 1.76. The molecule has 9 heteroatoms. The molecule has 1 aliphatic heterocycles. The first-order valence-corrected chi connectivity index (χ1v) is 11.5. The van der Waals surface area contributed by atoms with Crippen LogP contribution in [0.15, 0.2) is 45.8 Å². The third kappa shape index (κ3) is 5.66. The molecule has 2 amide bonds. The smallest absolute Gasteiger partial charge is 0.266 e. The summed E-state index contributed by atoms with van der Waals surface area (Å²) in [5, 5.41) is 2.79. The van der Waals surface area contributed by atoms with Crippen LogP contribution < -0.4 is 14.8 Å². The van der Waals surface area contributed by atoms with E-state index in [-0.39, 0.29) is 18.4 Å². The molecule has 0 aliphatic carbocycles. The standard InChI is InChI=1S/C22H21BrN2O4S2/c1-4-25-21(27)18(31-22(25)30)11-14-9-16(23)20(17(10-14)28-3)29-12-19(26)24-15-7-5-13(2)6-8-15/h5-11H,4,12H2,1-3H3,(H,24,26)/b18-11-. The Kier molecular flexibility index (Phi) is 7.74. The SMILES string of the molecule is CCN1C(=O)/C(=C/c2cc(Br)c(OCC(=O)Nc3ccc(C)cc3)c(OC)c2)SC1=S. The number of thioether (sulfide) groups is 1. The van der Waals surface area contributed by atoms with Crippen molar-refractivity contribution in [1.29, 1.82) is 0 Å². The molecule has 1 heterocycles. The predicted molar refractivity (Wildman–Crippen MR) is 132 cm³/mol. The number of likely N-dealkylation sites (N-methyl/N-ethyl adjacent to an activating group) is 1. The molecular weight excluding hydrogens is 500 g/mol. The number of thiocarbonyl (C=S) groups is 1.